The summed E-state index contributed by atoms with van der Waals surface area (Å²) in [5, 5.41) is 5.33. The summed E-state index contributed by atoms with van der Waals surface area (Å²) < 4.78 is 26.6. The zero-order valence-corrected chi connectivity index (χ0v) is 18.5. The van der Waals surface area contributed by atoms with E-state index in [1.807, 2.05) is 36.4 Å². The van der Waals surface area contributed by atoms with Crippen LogP contribution in [0.2, 0.25) is 0 Å². The van der Waals surface area contributed by atoms with Crippen LogP contribution in [0.4, 0.5) is 10.5 Å². The normalized spacial score (nSPS) is 12.1. The number of carbonyl (C=O) groups excluding carboxylic acids is 1. The SMILES string of the molecule is C=CC(c1cnc2ccccc2c1)S(=O)(=O)c1ccc(NC(=O)NCc2cccnc2)cc1. The van der Waals surface area contributed by atoms with Crippen molar-refractivity contribution in [2.45, 2.75) is 16.7 Å². The van der Waals surface area contributed by atoms with E-state index >= 15 is 0 Å². The molecule has 0 saturated heterocycles. The fourth-order valence-corrected chi connectivity index (χ4v) is 4.97. The molecule has 0 aliphatic heterocycles. The average Bonchev–Trinajstić information content (AvgIpc) is 2.84. The van der Waals surface area contributed by atoms with Gasteiger partial charge in [0, 0.05) is 36.2 Å². The van der Waals surface area contributed by atoms with Crippen molar-refractivity contribution in [2.24, 2.45) is 0 Å². The lowest BCUT2D eigenvalue weighted by atomic mass is 10.1. The van der Waals surface area contributed by atoms with Crippen molar-refractivity contribution < 1.29 is 13.2 Å². The Morgan fingerprint density at radius 3 is 2.55 bits per heavy atom. The molecule has 2 aromatic carbocycles. The molecule has 0 bridgehead atoms. The number of carbonyl (C=O) groups is 1. The molecular formula is C25H22N4O3S. The Morgan fingerprint density at radius 2 is 1.82 bits per heavy atom. The zero-order chi connectivity index (χ0) is 23.3. The Kier molecular flexibility index (Phi) is 6.46. The van der Waals surface area contributed by atoms with E-state index in [1.54, 1.807) is 36.8 Å². The first-order valence-electron chi connectivity index (χ1n) is 10.2. The van der Waals surface area contributed by atoms with Gasteiger partial charge in [-0.25, -0.2) is 13.2 Å². The second kappa shape index (κ2) is 9.62. The lowest BCUT2D eigenvalue weighted by Gasteiger charge is -2.15. The highest BCUT2D eigenvalue weighted by Crippen LogP contribution is 2.31. The number of hydrogen-bond acceptors (Lipinski definition) is 5. The number of para-hydroxylation sites is 1. The van der Waals surface area contributed by atoms with Crippen LogP contribution in [0.15, 0.2) is 103 Å². The topological polar surface area (TPSA) is 101 Å². The number of sulfone groups is 1. The molecule has 4 rings (SSSR count). The summed E-state index contributed by atoms with van der Waals surface area (Å²) in [5.41, 5.74) is 2.67. The van der Waals surface area contributed by atoms with E-state index < -0.39 is 21.1 Å². The molecule has 2 aromatic heterocycles. The zero-order valence-electron chi connectivity index (χ0n) is 17.7. The van der Waals surface area contributed by atoms with Crippen molar-refractivity contribution in [1.82, 2.24) is 15.3 Å². The molecular weight excluding hydrogens is 436 g/mol. The number of benzene rings is 2. The molecule has 0 aliphatic rings. The Balaban J connectivity index is 1.48. The fraction of sp³-hybridized carbons (Fsp3) is 0.0800. The summed E-state index contributed by atoms with van der Waals surface area (Å²) >= 11 is 0. The van der Waals surface area contributed by atoms with Gasteiger partial charge in [-0.05, 0) is 53.6 Å². The molecule has 33 heavy (non-hydrogen) atoms. The number of rotatable bonds is 7. The third-order valence-corrected chi connectivity index (χ3v) is 7.17. The van der Waals surface area contributed by atoms with Crippen molar-refractivity contribution >= 4 is 32.5 Å². The maximum atomic E-state index is 13.3. The first kappa shape index (κ1) is 22.2. The van der Waals surface area contributed by atoms with Crippen LogP contribution in [0.25, 0.3) is 10.9 Å². The fourth-order valence-electron chi connectivity index (χ4n) is 3.42. The minimum absolute atomic E-state index is 0.127. The molecule has 1 atom stereocenters. The molecule has 1 unspecified atom stereocenters. The predicted molar refractivity (Wildman–Crippen MR) is 128 cm³/mol. The molecule has 8 heteroatoms. The molecule has 4 aromatic rings. The number of aromatic nitrogens is 2. The number of pyridine rings is 2. The third-order valence-electron chi connectivity index (χ3n) is 5.11. The average molecular weight is 459 g/mol. The summed E-state index contributed by atoms with van der Waals surface area (Å²) in [4.78, 5) is 20.6. The largest absolute Gasteiger partial charge is 0.334 e. The van der Waals surface area contributed by atoms with E-state index in [0.29, 0.717) is 17.8 Å². The Bertz CT molecular complexity index is 1390. The van der Waals surface area contributed by atoms with Gasteiger partial charge in [-0.1, -0.05) is 30.3 Å². The van der Waals surface area contributed by atoms with Crippen LogP contribution in [-0.4, -0.2) is 24.4 Å². The van der Waals surface area contributed by atoms with Crippen LogP contribution >= 0.6 is 0 Å². The molecule has 2 N–H and O–H groups in total. The summed E-state index contributed by atoms with van der Waals surface area (Å²) in [5.74, 6) is 0. The van der Waals surface area contributed by atoms with Crippen molar-refractivity contribution in [3.05, 3.63) is 109 Å². The van der Waals surface area contributed by atoms with Crippen LogP contribution in [0.1, 0.15) is 16.4 Å². The molecule has 0 radical (unpaired) electrons. The van der Waals surface area contributed by atoms with Crippen molar-refractivity contribution in [2.75, 3.05) is 5.32 Å². The lowest BCUT2D eigenvalue weighted by Crippen LogP contribution is -2.28. The summed E-state index contributed by atoms with van der Waals surface area (Å²) in [6.07, 6.45) is 6.29. The molecule has 0 saturated carbocycles. The molecule has 2 heterocycles. The number of anilines is 1. The molecule has 0 aliphatic carbocycles. The van der Waals surface area contributed by atoms with Crippen molar-refractivity contribution in [1.29, 1.82) is 0 Å². The van der Waals surface area contributed by atoms with E-state index in [-0.39, 0.29) is 4.90 Å². The first-order chi connectivity index (χ1) is 16.0. The van der Waals surface area contributed by atoms with Gasteiger partial charge in [-0.2, -0.15) is 0 Å². The van der Waals surface area contributed by atoms with E-state index in [4.69, 9.17) is 0 Å². The Hall–Kier alpha value is -4.04. The second-order valence-corrected chi connectivity index (χ2v) is 9.43. The number of urea groups is 1. The smallest absolute Gasteiger partial charge is 0.319 e. The standard InChI is InChI=1S/C25H22N4O3S/c1-2-24(20-14-19-7-3-4-8-23(19)27-17-20)33(31,32)22-11-9-21(10-12-22)29-25(30)28-16-18-6-5-13-26-15-18/h2-15,17,24H,1,16H2,(H2,28,29,30). The number of hydrogen-bond donors (Lipinski definition) is 2. The van der Waals surface area contributed by atoms with Gasteiger partial charge in [0.15, 0.2) is 9.84 Å². The minimum atomic E-state index is -3.76. The van der Waals surface area contributed by atoms with Gasteiger partial charge in [-0.3, -0.25) is 9.97 Å². The van der Waals surface area contributed by atoms with Crippen LogP contribution in [0, 0.1) is 0 Å². The highest BCUT2D eigenvalue weighted by atomic mass is 32.2. The maximum Gasteiger partial charge on any atom is 0.319 e. The van der Waals surface area contributed by atoms with Crippen LogP contribution in [-0.2, 0) is 16.4 Å². The predicted octanol–water partition coefficient (Wildman–Crippen LogP) is 4.65. The highest BCUT2D eigenvalue weighted by Gasteiger charge is 2.27. The van der Waals surface area contributed by atoms with Crippen molar-refractivity contribution in [3.8, 4) is 0 Å². The van der Waals surface area contributed by atoms with Gasteiger partial charge in [0.05, 0.1) is 10.4 Å². The van der Waals surface area contributed by atoms with Gasteiger partial charge < -0.3 is 10.6 Å². The van der Waals surface area contributed by atoms with Crippen LogP contribution in [0.3, 0.4) is 0 Å². The Morgan fingerprint density at radius 1 is 1.03 bits per heavy atom. The Labute approximate surface area is 192 Å². The van der Waals surface area contributed by atoms with E-state index in [1.165, 1.54) is 18.2 Å². The second-order valence-electron chi connectivity index (χ2n) is 7.36. The molecule has 0 fully saturated rings. The van der Waals surface area contributed by atoms with E-state index in [2.05, 4.69) is 27.2 Å². The lowest BCUT2D eigenvalue weighted by molar-refractivity contribution is 0.251. The van der Waals surface area contributed by atoms with Gasteiger partial charge in [0.1, 0.15) is 5.25 Å². The van der Waals surface area contributed by atoms with E-state index in [9.17, 15) is 13.2 Å². The van der Waals surface area contributed by atoms with Gasteiger partial charge in [0.25, 0.3) is 0 Å². The van der Waals surface area contributed by atoms with Gasteiger partial charge in [0.2, 0.25) is 0 Å². The molecule has 0 spiro atoms. The van der Waals surface area contributed by atoms with Crippen LogP contribution < -0.4 is 10.6 Å². The molecule has 166 valence electrons. The third kappa shape index (κ3) is 5.07. The molecule has 2 amide bonds. The summed E-state index contributed by atoms with van der Waals surface area (Å²) in [7, 11) is -3.76. The van der Waals surface area contributed by atoms with Crippen molar-refractivity contribution in [3.63, 3.8) is 0 Å². The van der Waals surface area contributed by atoms with Gasteiger partial charge >= 0.3 is 6.03 Å². The number of nitrogens with one attached hydrogen (secondary N) is 2. The van der Waals surface area contributed by atoms with E-state index in [0.717, 1.165) is 16.5 Å². The monoisotopic (exact) mass is 458 g/mol. The summed E-state index contributed by atoms with van der Waals surface area (Å²) in [6.45, 7) is 4.06. The number of fused-ring (bicyclic) bond motifs is 1. The first-order valence-corrected chi connectivity index (χ1v) is 11.8. The summed E-state index contributed by atoms with van der Waals surface area (Å²) in [6, 6.07) is 18.6. The number of amides is 2. The quantitative estimate of drug-likeness (QED) is 0.393. The van der Waals surface area contributed by atoms with Gasteiger partial charge in [-0.15, -0.1) is 6.58 Å². The van der Waals surface area contributed by atoms with Crippen LogP contribution in [0.5, 0.6) is 0 Å². The molecule has 7 nitrogen and oxygen atoms in total. The maximum absolute atomic E-state index is 13.3. The highest BCUT2D eigenvalue weighted by molar-refractivity contribution is 7.91. The number of nitrogens with zero attached hydrogens (tertiary/aromatic N) is 2. The minimum Gasteiger partial charge on any atom is -0.334 e.